The lowest BCUT2D eigenvalue weighted by molar-refractivity contribution is -0.132. The smallest absolute Gasteiger partial charge is 0.242 e. The first-order valence-electron chi connectivity index (χ1n) is 8.17. The van der Waals surface area contributed by atoms with Gasteiger partial charge < -0.3 is 14.7 Å². The molecule has 1 aliphatic carbocycles. The Morgan fingerprint density at radius 2 is 2.08 bits per heavy atom. The summed E-state index contributed by atoms with van der Waals surface area (Å²) in [4.78, 5) is 27.6. The second-order valence-corrected chi connectivity index (χ2v) is 6.72. The summed E-state index contributed by atoms with van der Waals surface area (Å²) in [7, 11) is 0. The highest BCUT2D eigenvalue weighted by atomic mass is 16.5. The van der Waals surface area contributed by atoms with Crippen LogP contribution in [-0.4, -0.2) is 23.0 Å². The monoisotopic (exact) mass is 325 g/mol. The van der Waals surface area contributed by atoms with E-state index in [0.717, 1.165) is 17.7 Å². The number of nitrogens with zero attached hydrogens (tertiary/aromatic N) is 2. The van der Waals surface area contributed by atoms with Crippen LogP contribution in [0.5, 0.6) is 0 Å². The number of hydrogen-bond acceptors (Lipinski definition) is 4. The Kier molecular flexibility index (Phi) is 3.23. The van der Waals surface area contributed by atoms with E-state index in [1.54, 1.807) is 17.9 Å². The standard InChI is InChI=1S/C18H19N3O3/c1-11-9-13-5-3-4-6-14(13)21(11)17(23)18(7-8-18)16(22)19-15-10-12(2)24-20-15/h3-6,10-11H,7-9H2,1-2H3,(H,19,20,22). The molecular formula is C18H19N3O3. The van der Waals surface area contributed by atoms with Gasteiger partial charge in [0.25, 0.3) is 0 Å². The van der Waals surface area contributed by atoms with Gasteiger partial charge in [0, 0.05) is 17.8 Å². The van der Waals surface area contributed by atoms with Crippen molar-refractivity contribution in [2.75, 3.05) is 10.2 Å². The zero-order valence-electron chi connectivity index (χ0n) is 13.7. The van der Waals surface area contributed by atoms with Gasteiger partial charge in [0.05, 0.1) is 0 Å². The fourth-order valence-corrected chi connectivity index (χ4v) is 3.43. The number of rotatable bonds is 3. The van der Waals surface area contributed by atoms with Gasteiger partial charge in [0.1, 0.15) is 11.2 Å². The van der Waals surface area contributed by atoms with Crippen LogP contribution in [0.4, 0.5) is 11.5 Å². The molecule has 1 aliphatic heterocycles. The Morgan fingerprint density at radius 3 is 2.75 bits per heavy atom. The second kappa shape index (κ2) is 5.19. The Morgan fingerprint density at radius 1 is 1.33 bits per heavy atom. The number of nitrogens with one attached hydrogen (secondary N) is 1. The molecule has 1 atom stereocenters. The highest BCUT2D eigenvalue weighted by Gasteiger charge is 2.59. The lowest BCUT2D eigenvalue weighted by atomic mass is 10.0. The minimum atomic E-state index is -0.974. The minimum Gasteiger partial charge on any atom is -0.360 e. The van der Waals surface area contributed by atoms with Gasteiger partial charge in [-0.25, -0.2) is 0 Å². The van der Waals surface area contributed by atoms with Gasteiger partial charge in [0.2, 0.25) is 11.8 Å². The summed E-state index contributed by atoms with van der Waals surface area (Å²) < 4.78 is 4.96. The Balaban J connectivity index is 1.59. The zero-order chi connectivity index (χ0) is 16.9. The first-order valence-corrected chi connectivity index (χ1v) is 8.17. The molecule has 0 radical (unpaired) electrons. The fraction of sp³-hybridized carbons (Fsp3) is 0.389. The van der Waals surface area contributed by atoms with Crippen molar-refractivity contribution >= 4 is 23.3 Å². The number of aromatic nitrogens is 1. The van der Waals surface area contributed by atoms with Crippen molar-refractivity contribution in [1.82, 2.24) is 5.16 Å². The molecule has 1 aromatic carbocycles. The van der Waals surface area contributed by atoms with E-state index >= 15 is 0 Å². The van der Waals surface area contributed by atoms with E-state index in [-0.39, 0.29) is 17.9 Å². The first kappa shape index (κ1) is 14.9. The summed E-state index contributed by atoms with van der Waals surface area (Å²) in [6.45, 7) is 3.77. The van der Waals surface area contributed by atoms with Crippen molar-refractivity contribution in [2.24, 2.45) is 5.41 Å². The van der Waals surface area contributed by atoms with Crippen LogP contribution in [0.25, 0.3) is 0 Å². The average Bonchev–Trinajstić information content (AvgIpc) is 3.17. The number of amides is 2. The third-order valence-electron chi connectivity index (χ3n) is 4.89. The normalized spacial score (nSPS) is 20.6. The molecule has 2 heterocycles. The van der Waals surface area contributed by atoms with Crippen LogP contribution in [0, 0.1) is 12.3 Å². The molecular weight excluding hydrogens is 306 g/mol. The van der Waals surface area contributed by atoms with Crippen LogP contribution in [0.2, 0.25) is 0 Å². The lowest BCUT2D eigenvalue weighted by Crippen LogP contribution is -2.45. The summed E-state index contributed by atoms with van der Waals surface area (Å²) >= 11 is 0. The molecule has 1 aromatic heterocycles. The molecule has 6 nitrogen and oxygen atoms in total. The van der Waals surface area contributed by atoms with Crippen molar-refractivity contribution < 1.29 is 14.1 Å². The Bertz CT molecular complexity index is 822. The molecule has 2 aromatic rings. The summed E-state index contributed by atoms with van der Waals surface area (Å²) in [6.07, 6.45) is 1.96. The molecule has 4 rings (SSSR count). The zero-order valence-corrected chi connectivity index (χ0v) is 13.7. The molecule has 0 spiro atoms. The highest BCUT2D eigenvalue weighted by Crippen LogP contribution is 2.50. The number of carbonyl (C=O) groups is 2. The van der Waals surface area contributed by atoms with Gasteiger partial charge in [-0.3, -0.25) is 9.59 Å². The average molecular weight is 325 g/mol. The molecule has 6 heteroatoms. The number of para-hydroxylation sites is 1. The maximum Gasteiger partial charge on any atom is 0.242 e. The maximum absolute atomic E-state index is 13.2. The summed E-state index contributed by atoms with van der Waals surface area (Å²) in [6, 6.07) is 9.60. The number of fused-ring (bicyclic) bond motifs is 1. The van der Waals surface area contributed by atoms with E-state index in [1.807, 2.05) is 31.2 Å². The second-order valence-electron chi connectivity index (χ2n) is 6.72. The quantitative estimate of drug-likeness (QED) is 0.880. The molecule has 2 aliphatic rings. The third kappa shape index (κ3) is 2.21. The summed E-state index contributed by atoms with van der Waals surface area (Å²) in [5.74, 6) is 0.560. The largest absolute Gasteiger partial charge is 0.360 e. The highest BCUT2D eigenvalue weighted by molar-refractivity contribution is 6.18. The Labute approximate surface area is 139 Å². The van der Waals surface area contributed by atoms with Crippen molar-refractivity contribution in [3.63, 3.8) is 0 Å². The van der Waals surface area contributed by atoms with Crippen molar-refractivity contribution in [2.45, 2.75) is 39.2 Å². The Hall–Kier alpha value is -2.63. The van der Waals surface area contributed by atoms with Gasteiger partial charge in [-0.1, -0.05) is 23.4 Å². The van der Waals surface area contributed by atoms with E-state index in [0.29, 0.717) is 24.4 Å². The van der Waals surface area contributed by atoms with Crippen molar-refractivity contribution in [3.05, 3.63) is 41.7 Å². The van der Waals surface area contributed by atoms with E-state index in [1.165, 1.54) is 0 Å². The van der Waals surface area contributed by atoms with Gasteiger partial charge in [-0.15, -0.1) is 0 Å². The molecule has 1 N–H and O–H groups in total. The first-order chi connectivity index (χ1) is 11.5. The predicted octanol–water partition coefficient (Wildman–Crippen LogP) is 2.68. The summed E-state index contributed by atoms with van der Waals surface area (Å²) in [5.41, 5.74) is 1.10. The van der Waals surface area contributed by atoms with Crippen molar-refractivity contribution in [3.8, 4) is 0 Å². The SMILES string of the molecule is Cc1cc(NC(=O)C2(C(=O)N3c4ccccc4CC3C)CC2)no1. The maximum atomic E-state index is 13.2. The molecule has 1 unspecified atom stereocenters. The van der Waals surface area contributed by atoms with E-state index < -0.39 is 5.41 Å². The van der Waals surface area contributed by atoms with Crippen molar-refractivity contribution in [1.29, 1.82) is 0 Å². The van der Waals surface area contributed by atoms with Crippen LogP contribution in [0.15, 0.2) is 34.9 Å². The molecule has 0 bridgehead atoms. The number of aryl methyl sites for hydroxylation is 1. The number of anilines is 2. The van der Waals surface area contributed by atoms with Gasteiger partial charge in [-0.05, 0) is 44.7 Å². The number of hydrogen-bond donors (Lipinski definition) is 1. The van der Waals surface area contributed by atoms with E-state index in [2.05, 4.69) is 10.5 Å². The summed E-state index contributed by atoms with van der Waals surface area (Å²) in [5, 5.41) is 6.49. The molecule has 1 saturated carbocycles. The number of benzene rings is 1. The topological polar surface area (TPSA) is 75.4 Å². The number of carbonyl (C=O) groups excluding carboxylic acids is 2. The molecule has 124 valence electrons. The molecule has 0 saturated heterocycles. The third-order valence-corrected chi connectivity index (χ3v) is 4.89. The molecule has 24 heavy (non-hydrogen) atoms. The van der Waals surface area contributed by atoms with Crippen LogP contribution in [0.3, 0.4) is 0 Å². The fourth-order valence-electron chi connectivity index (χ4n) is 3.43. The lowest BCUT2D eigenvalue weighted by Gasteiger charge is -2.27. The van der Waals surface area contributed by atoms with Gasteiger partial charge >= 0.3 is 0 Å². The van der Waals surface area contributed by atoms with Crippen LogP contribution in [0.1, 0.15) is 31.1 Å². The van der Waals surface area contributed by atoms with E-state index in [9.17, 15) is 9.59 Å². The van der Waals surface area contributed by atoms with E-state index in [4.69, 9.17) is 4.52 Å². The van der Waals surface area contributed by atoms with Crippen LogP contribution < -0.4 is 10.2 Å². The van der Waals surface area contributed by atoms with Crippen LogP contribution in [-0.2, 0) is 16.0 Å². The van der Waals surface area contributed by atoms with Gasteiger partial charge in [-0.2, -0.15) is 0 Å². The predicted molar refractivity (Wildman–Crippen MR) is 88.6 cm³/mol. The molecule has 2 amide bonds. The minimum absolute atomic E-state index is 0.0643. The van der Waals surface area contributed by atoms with Crippen LogP contribution >= 0.6 is 0 Å². The van der Waals surface area contributed by atoms with Gasteiger partial charge in [0.15, 0.2) is 5.82 Å². The molecule has 1 fully saturated rings.